The van der Waals surface area contributed by atoms with E-state index in [1.165, 1.54) is 12.1 Å². The van der Waals surface area contributed by atoms with Crippen molar-refractivity contribution in [1.82, 2.24) is 0 Å². The normalized spacial score (nSPS) is 16.9. The number of ketones is 2. The van der Waals surface area contributed by atoms with Gasteiger partial charge < -0.3 is 10.2 Å². The number of hydrogen-bond donors (Lipinski definition) is 4. The Hall–Kier alpha value is -1.65. The predicted molar refractivity (Wildman–Crippen MR) is 56.4 cm³/mol. The summed E-state index contributed by atoms with van der Waals surface area (Å²) in [6, 6.07) is 5.91. The number of fused-ring (bicyclic) bond motifs is 1. The maximum Gasteiger partial charge on any atom is 0.394 e. The first-order valence-corrected chi connectivity index (χ1v) is 5.78. The van der Waals surface area contributed by atoms with Crippen molar-refractivity contribution in [2.24, 2.45) is 0 Å². The molecule has 0 radical (unpaired) electrons. The lowest BCUT2D eigenvalue weighted by Crippen LogP contribution is -2.40. The van der Waals surface area contributed by atoms with Crippen LogP contribution in [0.2, 0.25) is 0 Å². The molecule has 0 fully saturated rings. The molecule has 0 aromatic heterocycles. The first kappa shape index (κ1) is 14.4. The van der Waals surface area contributed by atoms with Crippen LogP contribution in [0.25, 0.3) is 0 Å². The Labute approximate surface area is 101 Å². The van der Waals surface area contributed by atoms with Gasteiger partial charge in [0.2, 0.25) is 11.6 Å². The monoisotopic (exact) mass is 276 g/mol. The molecule has 8 nitrogen and oxygen atoms in total. The quantitative estimate of drug-likeness (QED) is 0.270. The minimum atomic E-state index is -4.67. The standard InChI is InChI=1S/C9H6O4.H2O4S/c10-7-5-3-1-2-4-6(5)8(11)9(7,12)13;1-5(2,3)4/h1-4,12-13H;(H2,1,2,3,4). The van der Waals surface area contributed by atoms with Gasteiger partial charge in [-0.25, -0.2) is 0 Å². The van der Waals surface area contributed by atoms with E-state index < -0.39 is 27.8 Å². The number of carbonyl (C=O) groups excluding carboxylic acids is 2. The third-order valence-corrected chi connectivity index (χ3v) is 2.05. The van der Waals surface area contributed by atoms with Crippen LogP contribution in [-0.4, -0.2) is 45.1 Å². The fraction of sp³-hybridized carbons (Fsp3) is 0.111. The van der Waals surface area contributed by atoms with Crippen LogP contribution in [0.15, 0.2) is 24.3 Å². The van der Waals surface area contributed by atoms with Gasteiger partial charge in [-0.1, -0.05) is 24.3 Å². The number of benzene rings is 1. The zero-order valence-corrected chi connectivity index (χ0v) is 9.46. The molecule has 1 aliphatic carbocycles. The van der Waals surface area contributed by atoms with E-state index in [0.717, 1.165) is 0 Å². The van der Waals surface area contributed by atoms with Gasteiger partial charge in [0.05, 0.1) is 0 Å². The highest BCUT2D eigenvalue weighted by atomic mass is 32.3. The van der Waals surface area contributed by atoms with E-state index in [4.69, 9.17) is 27.7 Å². The van der Waals surface area contributed by atoms with Gasteiger partial charge in [-0.15, -0.1) is 0 Å². The van der Waals surface area contributed by atoms with Crippen LogP contribution < -0.4 is 0 Å². The molecule has 2 rings (SSSR count). The molecule has 0 spiro atoms. The van der Waals surface area contributed by atoms with Crippen LogP contribution in [-0.2, 0) is 10.4 Å². The number of rotatable bonds is 0. The number of carbonyl (C=O) groups is 2. The first-order chi connectivity index (χ1) is 8.05. The van der Waals surface area contributed by atoms with Gasteiger partial charge in [0, 0.05) is 11.1 Å². The fourth-order valence-corrected chi connectivity index (χ4v) is 1.36. The van der Waals surface area contributed by atoms with E-state index in [-0.39, 0.29) is 11.1 Å². The van der Waals surface area contributed by atoms with Gasteiger partial charge in [0.25, 0.3) is 5.79 Å². The zero-order chi connectivity index (χ0) is 14.1. The third-order valence-electron chi connectivity index (χ3n) is 2.05. The molecule has 0 bridgehead atoms. The molecule has 0 saturated carbocycles. The van der Waals surface area contributed by atoms with Gasteiger partial charge >= 0.3 is 10.4 Å². The Kier molecular flexibility index (Phi) is 3.64. The summed E-state index contributed by atoms with van der Waals surface area (Å²) in [4.78, 5) is 22.4. The molecule has 18 heavy (non-hydrogen) atoms. The second-order valence-corrected chi connectivity index (χ2v) is 4.22. The predicted octanol–water partition coefficient (Wildman–Crippen LogP) is -0.906. The highest BCUT2D eigenvalue weighted by molar-refractivity contribution is 7.79. The summed E-state index contributed by atoms with van der Waals surface area (Å²) < 4.78 is 31.6. The summed E-state index contributed by atoms with van der Waals surface area (Å²) in [5, 5.41) is 18.2. The Balaban J connectivity index is 0.000000280. The minimum Gasteiger partial charge on any atom is -0.353 e. The second kappa shape index (κ2) is 4.55. The molecule has 0 atom stereocenters. The van der Waals surface area contributed by atoms with E-state index in [1.54, 1.807) is 12.1 Å². The van der Waals surface area contributed by atoms with E-state index in [1.807, 2.05) is 0 Å². The lowest BCUT2D eigenvalue weighted by Gasteiger charge is -2.08. The number of Topliss-reactive ketones (excluding diaryl/α,β-unsaturated/α-hetero) is 2. The Morgan fingerprint density at radius 1 is 0.889 bits per heavy atom. The fourth-order valence-electron chi connectivity index (χ4n) is 1.36. The molecule has 0 unspecified atom stereocenters. The van der Waals surface area contributed by atoms with Crippen LogP contribution in [0.3, 0.4) is 0 Å². The molecule has 4 N–H and O–H groups in total. The molecule has 1 aliphatic rings. The molecule has 9 heteroatoms. The van der Waals surface area contributed by atoms with Crippen LogP contribution in [0.1, 0.15) is 20.7 Å². The van der Waals surface area contributed by atoms with Gasteiger partial charge in [0.1, 0.15) is 0 Å². The van der Waals surface area contributed by atoms with Gasteiger partial charge in [-0.3, -0.25) is 18.7 Å². The lowest BCUT2D eigenvalue weighted by atomic mass is 10.1. The molecular weight excluding hydrogens is 268 g/mol. The number of hydrogen-bond acceptors (Lipinski definition) is 6. The van der Waals surface area contributed by atoms with Crippen molar-refractivity contribution < 1.29 is 37.3 Å². The van der Waals surface area contributed by atoms with Crippen LogP contribution in [0.4, 0.5) is 0 Å². The average molecular weight is 276 g/mol. The molecule has 1 aromatic carbocycles. The molecule has 0 saturated heterocycles. The van der Waals surface area contributed by atoms with Crippen molar-refractivity contribution in [2.45, 2.75) is 5.79 Å². The van der Waals surface area contributed by atoms with E-state index in [0.29, 0.717) is 0 Å². The molecular formula is C9H8O8S. The molecule has 98 valence electrons. The molecule has 0 amide bonds. The van der Waals surface area contributed by atoms with Crippen molar-refractivity contribution in [2.75, 3.05) is 0 Å². The highest BCUT2D eigenvalue weighted by Crippen LogP contribution is 2.27. The molecule has 0 aliphatic heterocycles. The topological polar surface area (TPSA) is 149 Å². The Morgan fingerprint density at radius 2 is 1.17 bits per heavy atom. The highest BCUT2D eigenvalue weighted by Gasteiger charge is 2.50. The second-order valence-electron chi connectivity index (χ2n) is 3.32. The summed E-state index contributed by atoms with van der Waals surface area (Å²) in [6.45, 7) is 0. The van der Waals surface area contributed by atoms with Crippen molar-refractivity contribution >= 4 is 22.0 Å². The van der Waals surface area contributed by atoms with Crippen molar-refractivity contribution in [1.29, 1.82) is 0 Å². The van der Waals surface area contributed by atoms with E-state index in [2.05, 4.69) is 0 Å². The van der Waals surface area contributed by atoms with Crippen LogP contribution in [0, 0.1) is 0 Å². The van der Waals surface area contributed by atoms with E-state index in [9.17, 15) is 9.59 Å². The van der Waals surface area contributed by atoms with Crippen LogP contribution >= 0.6 is 0 Å². The molecule has 1 aromatic rings. The largest absolute Gasteiger partial charge is 0.394 e. The SMILES string of the molecule is O=C1c2ccccc2C(=O)C1(O)O.O=S(=O)(O)O. The van der Waals surface area contributed by atoms with Crippen molar-refractivity contribution in [3.63, 3.8) is 0 Å². The van der Waals surface area contributed by atoms with Gasteiger partial charge in [-0.05, 0) is 0 Å². The maximum absolute atomic E-state index is 11.2. The smallest absolute Gasteiger partial charge is 0.353 e. The zero-order valence-electron chi connectivity index (χ0n) is 8.64. The first-order valence-electron chi connectivity index (χ1n) is 4.38. The van der Waals surface area contributed by atoms with Crippen molar-refractivity contribution in [3.05, 3.63) is 35.4 Å². The summed E-state index contributed by atoms with van der Waals surface area (Å²) in [6.07, 6.45) is 0. The molecule has 0 heterocycles. The van der Waals surface area contributed by atoms with Gasteiger partial charge in [0.15, 0.2) is 0 Å². The average Bonchev–Trinajstić information content (AvgIpc) is 2.39. The van der Waals surface area contributed by atoms with Crippen molar-refractivity contribution in [3.8, 4) is 0 Å². The Bertz CT molecular complexity index is 556. The van der Waals surface area contributed by atoms with Crippen LogP contribution in [0.5, 0.6) is 0 Å². The van der Waals surface area contributed by atoms with Gasteiger partial charge in [-0.2, -0.15) is 8.42 Å². The lowest BCUT2D eigenvalue weighted by molar-refractivity contribution is -0.0857. The number of aliphatic hydroxyl groups is 2. The van der Waals surface area contributed by atoms with E-state index >= 15 is 0 Å². The summed E-state index contributed by atoms with van der Waals surface area (Å²) >= 11 is 0. The summed E-state index contributed by atoms with van der Waals surface area (Å²) in [5.74, 6) is -4.76. The summed E-state index contributed by atoms with van der Waals surface area (Å²) in [7, 11) is -4.67. The minimum absolute atomic E-state index is 0.0671. The summed E-state index contributed by atoms with van der Waals surface area (Å²) in [5.41, 5.74) is 0.134. The third kappa shape index (κ3) is 2.97. The maximum atomic E-state index is 11.2. The Morgan fingerprint density at radius 3 is 1.44 bits per heavy atom.